The van der Waals surface area contributed by atoms with E-state index in [2.05, 4.69) is 26.3 Å². The highest BCUT2D eigenvalue weighted by Gasteiger charge is 2.33. The van der Waals surface area contributed by atoms with Crippen LogP contribution in [0.15, 0.2) is 28.7 Å². The Kier molecular flexibility index (Phi) is 5.75. The lowest BCUT2D eigenvalue weighted by atomic mass is 9.84. The smallest absolute Gasteiger partial charge is 0.233 e. The van der Waals surface area contributed by atoms with Crippen LogP contribution in [-0.2, 0) is 10.4 Å². The summed E-state index contributed by atoms with van der Waals surface area (Å²) in [5, 5.41) is 10.8. The molecule has 116 valence electrons. The van der Waals surface area contributed by atoms with E-state index in [1.807, 2.05) is 24.3 Å². The van der Waals surface area contributed by atoms with Gasteiger partial charge in [-0.05, 0) is 43.5 Å². The Hall–Kier alpha value is -0.950. The van der Waals surface area contributed by atoms with Gasteiger partial charge >= 0.3 is 0 Å². The molecule has 6 heteroatoms. The molecule has 1 aliphatic heterocycles. The summed E-state index contributed by atoms with van der Waals surface area (Å²) in [7, 11) is 0. The fourth-order valence-electron chi connectivity index (χ4n) is 2.73. The zero-order valence-corrected chi connectivity index (χ0v) is 13.6. The summed E-state index contributed by atoms with van der Waals surface area (Å²) < 4.78 is 1.02. The maximum Gasteiger partial charge on any atom is 0.233 e. The van der Waals surface area contributed by atoms with E-state index < -0.39 is 5.60 Å². The number of hydrogen-bond acceptors (Lipinski definition) is 4. The van der Waals surface area contributed by atoms with Crippen molar-refractivity contribution in [1.82, 2.24) is 10.3 Å². The van der Waals surface area contributed by atoms with E-state index in [-0.39, 0.29) is 5.91 Å². The van der Waals surface area contributed by atoms with Crippen LogP contribution in [0.5, 0.6) is 0 Å². The van der Waals surface area contributed by atoms with Gasteiger partial charge in [0.15, 0.2) is 0 Å². The number of likely N-dealkylation sites (tertiary alicyclic amines) is 1. The van der Waals surface area contributed by atoms with Crippen molar-refractivity contribution in [3.05, 3.63) is 34.3 Å². The summed E-state index contributed by atoms with van der Waals surface area (Å²) in [5.41, 5.74) is 2.39. The van der Waals surface area contributed by atoms with Crippen molar-refractivity contribution in [2.45, 2.75) is 31.3 Å². The van der Waals surface area contributed by atoms with Gasteiger partial charge in [0.05, 0.1) is 5.60 Å². The van der Waals surface area contributed by atoms with Crippen molar-refractivity contribution in [2.75, 3.05) is 19.6 Å². The number of aliphatic hydroxyl groups is 1. The summed E-state index contributed by atoms with van der Waals surface area (Å²) in [4.78, 5) is 13.4. The van der Waals surface area contributed by atoms with Gasteiger partial charge in [-0.1, -0.05) is 28.1 Å². The molecule has 1 amide bonds. The van der Waals surface area contributed by atoms with E-state index in [4.69, 9.17) is 5.84 Å². The van der Waals surface area contributed by atoms with Crippen molar-refractivity contribution in [3.63, 3.8) is 0 Å². The van der Waals surface area contributed by atoms with E-state index >= 15 is 0 Å². The monoisotopic (exact) mass is 355 g/mol. The second-order valence-electron chi connectivity index (χ2n) is 5.55. The van der Waals surface area contributed by atoms with Crippen LogP contribution in [0.4, 0.5) is 0 Å². The Morgan fingerprint density at radius 2 is 1.95 bits per heavy atom. The Bertz CT molecular complexity index is 470. The number of nitrogens with zero attached hydrogens (tertiary/aromatic N) is 1. The predicted molar refractivity (Wildman–Crippen MR) is 85.3 cm³/mol. The number of halogens is 1. The minimum absolute atomic E-state index is 0.127. The van der Waals surface area contributed by atoms with Crippen molar-refractivity contribution in [3.8, 4) is 0 Å². The third-order valence-electron chi connectivity index (χ3n) is 4.10. The molecule has 5 nitrogen and oxygen atoms in total. The van der Waals surface area contributed by atoms with Gasteiger partial charge in [0, 0.05) is 24.0 Å². The Balaban J connectivity index is 1.82. The number of amides is 1. The van der Waals surface area contributed by atoms with Gasteiger partial charge in [0.1, 0.15) is 0 Å². The first-order chi connectivity index (χ1) is 10.0. The van der Waals surface area contributed by atoms with Crippen molar-refractivity contribution < 1.29 is 9.90 Å². The largest absolute Gasteiger partial charge is 0.385 e. The van der Waals surface area contributed by atoms with Crippen molar-refractivity contribution >= 4 is 21.8 Å². The molecule has 1 aromatic carbocycles. The van der Waals surface area contributed by atoms with Crippen LogP contribution in [0.2, 0.25) is 0 Å². The third kappa shape index (κ3) is 4.51. The van der Waals surface area contributed by atoms with Crippen LogP contribution in [-0.4, -0.2) is 35.5 Å². The predicted octanol–water partition coefficient (Wildman–Crippen LogP) is 1.50. The van der Waals surface area contributed by atoms with Gasteiger partial charge in [0.2, 0.25) is 5.91 Å². The highest BCUT2D eigenvalue weighted by atomic mass is 79.9. The van der Waals surface area contributed by atoms with Gasteiger partial charge in [0.25, 0.3) is 0 Å². The summed E-state index contributed by atoms with van der Waals surface area (Å²) >= 11 is 3.41. The summed E-state index contributed by atoms with van der Waals surface area (Å²) in [6.07, 6.45) is 2.68. The van der Waals surface area contributed by atoms with E-state index in [0.717, 1.165) is 48.9 Å². The van der Waals surface area contributed by atoms with Crippen LogP contribution >= 0.6 is 15.9 Å². The standard InChI is InChI=1S/C15H22BrN3O2/c16-13-5-3-12(4-6-13)15(21)7-10-19(11-8-15)9-1-2-14(20)18-17/h3-6,21H,1-2,7-11,17H2,(H,18,20). The van der Waals surface area contributed by atoms with E-state index in [9.17, 15) is 9.90 Å². The second kappa shape index (κ2) is 7.35. The SMILES string of the molecule is NNC(=O)CCCN1CCC(O)(c2ccc(Br)cc2)CC1. The first-order valence-electron chi connectivity index (χ1n) is 7.24. The molecule has 0 unspecified atom stereocenters. The quantitative estimate of drug-likeness (QED) is 0.425. The number of hydrazine groups is 1. The van der Waals surface area contributed by atoms with Gasteiger partial charge in [-0.3, -0.25) is 10.2 Å². The zero-order chi connectivity index (χ0) is 15.3. The van der Waals surface area contributed by atoms with E-state index in [1.165, 1.54) is 0 Å². The van der Waals surface area contributed by atoms with Crippen molar-refractivity contribution in [2.24, 2.45) is 5.84 Å². The summed E-state index contributed by atoms with van der Waals surface area (Å²) in [6, 6.07) is 7.88. The molecule has 0 spiro atoms. The fourth-order valence-corrected chi connectivity index (χ4v) is 3.00. The van der Waals surface area contributed by atoms with Crippen LogP contribution in [0, 0.1) is 0 Å². The van der Waals surface area contributed by atoms with E-state index in [1.54, 1.807) is 0 Å². The number of piperidine rings is 1. The molecule has 0 atom stereocenters. The molecule has 1 heterocycles. The van der Waals surface area contributed by atoms with Crippen LogP contribution < -0.4 is 11.3 Å². The molecule has 1 aromatic rings. The van der Waals surface area contributed by atoms with Gasteiger partial charge in [-0.25, -0.2) is 5.84 Å². The minimum atomic E-state index is -0.730. The Morgan fingerprint density at radius 3 is 2.52 bits per heavy atom. The molecule has 0 saturated carbocycles. The highest BCUT2D eigenvalue weighted by Crippen LogP contribution is 2.33. The van der Waals surface area contributed by atoms with Crippen molar-refractivity contribution in [1.29, 1.82) is 0 Å². The van der Waals surface area contributed by atoms with Gasteiger partial charge in [-0.15, -0.1) is 0 Å². The first kappa shape index (κ1) is 16.4. The van der Waals surface area contributed by atoms with Crippen LogP contribution in [0.1, 0.15) is 31.2 Å². The Morgan fingerprint density at radius 1 is 1.33 bits per heavy atom. The number of nitrogens with one attached hydrogen (secondary N) is 1. The number of hydrogen-bond donors (Lipinski definition) is 3. The number of nitrogens with two attached hydrogens (primary N) is 1. The average Bonchev–Trinajstić information content (AvgIpc) is 2.50. The number of carbonyl (C=O) groups excluding carboxylic acids is 1. The first-order valence-corrected chi connectivity index (χ1v) is 8.03. The van der Waals surface area contributed by atoms with Crippen LogP contribution in [0.25, 0.3) is 0 Å². The normalized spacial score (nSPS) is 18.4. The molecule has 1 fully saturated rings. The minimum Gasteiger partial charge on any atom is -0.385 e. The Labute approximate surface area is 133 Å². The molecule has 4 N–H and O–H groups in total. The molecule has 1 saturated heterocycles. The molecular formula is C15H22BrN3O2. The molecule has 2 rings (SSSR count). The number of benzene rings is 1. The number of carbonyl (C=O) groups is 1. The highest BCUT2D eigenvalue weighted by molar-refractivity contribution is 9.10. The summed E-state index contributed by atoms with van der Waals surface area (Å²) in [5.74, 6) is 4.93. The van der Waals surface area contributed by atoms with Gasteiger partial charge in [-0.2, -0.15) is 0 Å². The topological polar surface area (TPSA) is 78.6 Å². The molecule has 0 aromatic heterocycles. The maximum atomic E-state index is 11.1. The average molecular weight is 356 g/mol. The lowest BCUT2D eigenvalue weighted by Crippen LogP contribution is -2.43. The van der Waals surface area contributed by atoms with E-state index in [0.29, 0.717) is 6.42 Å². The fraction of sp³-hybridized carbons (Fsp3) is 0.533. The third-order valence-corrected chi connectivity index (χ3v) is 4.63. The molecule has 0 aliphatic carbocycles. The maximum absolute atomic E-state index is 11.1. The lowest BCUT2D eigenvalue weighted by Gasteiger charge is -2.38. The molecule has 0 bridgehead atoms. The molecule has 21 heavy (non-hydrogen) atoms. The van der Waals surface area contributed by atoms with Gasteiger partial charge < -0.3 is 10.0 Å². The second-order valence-corrected chi connectivity index (χ2v) is 6.47. The number of rotatable bonds is 5. The molecule has 1 aliphatic rings. The molecule has 0 radical (unpaired) electrons. The van der Waals surface area contributed by atoms with Crippen LogP contribution in [0.3, 0.4) is 0 Å². The lowest BCUT2D eigenvalue weighted by molar-refractivity contribution is -0.121. The summed E-state index contributed by atoms with van der Waals surface area (Å²) in [6.45, 7) is 2.55. The molecular weight excluding hydrogens is 334 g/mol. The zero-order valence-electron chi connectivity index (χ0n) is 12.0.